The number of aryl methyl sites for hydroxylation is 1. The van der Waals surface area contributed by atoms with E-state index in [-0.39, 0.29) is 6.04 Å². The minimum absolute atomic E-state index is 0.0394. The summed E-state index contributed by atoms with van der Waals surface area (Å²) in [5.41, 5.74) is 8.91. The summed E-state index contributed by atoms with van der Waals surface area (Å²) in [5, 5.41) is 0. The lowest BCUT2D eigenvalue weighted by molar-refractivity contribution is 0.105. The van der Waals surface area contributed by atoms with Crippen LogP contribution >= 0.6 is 0 Å². The van der Waals surface area contributed by atoms with Crippen LogP contribution in [0.25, 0.3) is 0 Å². The van der Waals surface area contributed by atoms with Crippen LogP contribution in [0.15, 0.2) is 24.3 Å². The summed E-state index contributed by atoms with van der Waals surface area (Å²) < 4.78 is 5.39. The summed E-state index contributed by atoms with van der Waals surface area (Å²) in [6.45, 7) is 8.80. The third kappa shape index (κ3) is 4.94. The smallest absolute Gasteiger partial charge is 0.0593 e. The molecule has 1 rings (SSSR count). The third-order valence-electron chi connectivity index (χ3n) is 3.78. The van der Waals surface area contributed by atoms with Gasteiger partial charge in [-0.25, -0.2) is 0 Å². The maximum Gasteiger partial charge on any atom is 0.0593 e. The molecule has 0 fully saturated rings. The van der Waals surface area contributed by atoms with Crippen molar-refractivity contribution in [3.05, 3.63) is 35.4 Å². The highest BCUT2D eigenvalue weighted by Gasteiger charge is 2.18. The highest BCUT2D eigenvalue weighted by molar-refractivity contribution is 5.25. The second-order valence-electron chi connectivity index (χ2n) is 5.04. The van der Waals surface area contributed by atoms with E-state index in [4.69, 9.17) is 10.5 Å². The number of likely N-dealkylation sites (N-methyl/N-ethyl adjacent to an activating group) is 1. The molecule has 0 aliphatic heterocycles. The van der Waals surface area contributed by atoms with Gasteiger partial charge in [-0.1, -0.05) is 31.2 Å². The molecule has 0 spiro atoms. The average molecular weight is 264 g/mol. The zero-order chi connectivity index (χ0) is 14.3. The number of hydrogen-bond donors (Lipinski definition) is 1. The molecule has 0 heterocycles. The Balaban J connectivity index is 2.56. The lowest BCUT2D eigenvalue weighted by atomic mass is 9.99. The van der Waals surface area contributed by atoms with E-state index < -0.39 is 0 Å². The van der Waals surface area contributed by atoms with Crippen LogP contribution in [-0.4, -0.2) is 37.7 Å². The number of rotatable bonds is 8. The zero-order valence-corrected chi connectivity index (χ0v) is 12.7. The van der Waals surface area contributed by atoms with Crippen LogP contribution in [0, 0.1) is 0 Å². The Hall–Kier alpha value is -0.900. The van der Waals surface area contributed by atoms with Gasteiger partial charge in [0.05, 0.1) is 6.61 Å². The predicted octanol–water partition coefficient (Wildman–Crippen LogP) is 2.61. The fourth-order valence-electron chi connectivity index (χ4n) is 2.08. The molecule has 0 aliphatic rings. The zero-order valence-electron chi connectivity index (χ0n) is 12.7. The van der Waals surface area contributed by atoms with Crippen molar-refractivity contribution in [2.45, 2.75) is 39.3 Å². The van der Waals surface area contributed by atoms with Gasteiger partial charge < -0.3 is 10.5 Å². The second kappa shape index (κ2) is 8.31. The Morgan fingerprint density at radius 1 is 1.21 bits per heavy atom. The van der Waals surface area contributed by atoms with E-state index in [9.17, 15) is 0 Å². The first-order valence-electron chi connectivity index (χ1n) is 7.22. The van der Waals surface area contributed by atoms with E-state index in [2.05, 4.69) is 50.1 Å². The molecule has 0 aromatic heterocycles. The predicted molar refractivity (Wildman–Crippen MR) is 81.3 cm³/mol. The Morgan fingerprint density at radius 2 is 1.84 bits per heavy atom. The van der Waals surface area contributed by atoms with E-state index in [0.717, 1.165) is 26.2 Å². The number of benzene rings is 1. The van der Waals surface area contributed by atoms with Crippen molar-refractivity contribution >= 4 is 0 Å². The Bertz CT molecular complexity index is 350. The number of hydrogen-bond acceptors (Lipinski definition) is 3. The molecule has 0 saturated carbocycles. The molecule has 2 N–H and O–H groups in total. The Kier molecular flexibility index (Phi) is 7.06. The normalized spacial score (nSPS) is 14.6. The van der Waals surface area contributed by atoms with Gasteiger partial charge in [-0.2, -0.15) is 0 Å². The minimum atomic E-state index is 0.0394. The van der Waals surface area contributed by atoms with Gasteiger partial charge >= 0.3 is 0 Å². The van der Waals surface area contributed by atoms with Gasteiger partial charge in [0.15, 0.2) is 0 Å². The van der Waals surface area contributed by atoms with E-state index in [1.165, 1.54) is 11.1 Å². The van der Waals surface area contributed by atoms with Crippen LogP contribution in [0.2, 0.25) is 0 Å². The van der Waals surface area contributed by atoms with Crippen LogP contribution in [0.3, 0.4) is 0 Å². The van der Waals surface area contributed by atoms with Crippen molar-refractivity contribution in [1.82, 2.24) is 4.90 Å². The standard InChI is InChI=1S/C16H28N2O/c1-5-14-7-9-15(10-8-14)16(17)13(3)18(4)11-12-19-6-2/h7-10,13,16H,5-6,11-12,17H2,1-4H3. The lowest BCUT2D eigenvalue weighted by Crippen LogP contribution is -2.40. The molecular weight excluding hydrogens is 236 g/mol. The molecule has 0 amide bonds. The molecule has 0 radical (unpaired) electrons. The van der Waals surface area contributed by atoms with E-state index in [1.54, 1.807) is 0 Å². The topological polar surface area (TPSA) is 38.5 Å². The third-order valence-corrected chi connectivity index (χ3v) is 3.78. The molecular formula is C16H28N2O. The van der Waals surface area contributed by atoms with Crippen LogP contribution in [-0.2, 0) is 11.2 Å². The summed E-state index contributed by atoms with van der Waals surface area (Å²) >= 11 is 0. The molecule has 2 atom stereocenters. The molecule has 19 heavy (non-hydrogen) atoms. The number of nitrogens with two attached hydrogens (primary N) is 1. The summed E-state index contributed by atoms with van der Waals surface area (Å²) in [5.74, 6) is 0. The molecule has 1 aromatic carbocycles. The van der Waals surface area contributed by atoms with Gasteiger partial charge in [0, 0.05) is 25.2 Å². The van der Waals surface area contributed by atoms with Gasteiger partial charge in [0.1, 0.15) is 0 Å². The van der Waals surface area contributed by atoms with Crippen molar-refractivity contribution in [3.8, 4) is 0 Å². The minimum Gasteiger partial charge on any atom is -0.380 e. The van der Waals surface area contributed by atoms with E-state index in [1.807, 2.05) is 6.92 Å². The monoisotopic (exact) mass is 264 g/mol. The largest absolute Gasteiger partial charge is 0.380 e. The van der Waals surface area contributed by atoms with Crippen LogP contribution in [0.4, 0.5) is 0 Å². The highest BCUT2D eigenvalue weighted by atomic mass is 16.5. The van der Waals surface area contributed by atoms with E-state index >= 15 is 0 Å². The first-order chi connectivity index (χ1) is 9.10. The van der Waals surface area contributed by atoms with Gasteiger partial charge in [0.25, 0.3) is 0 Å². The second-order valence-corrected chi connectivity index (χ2v) is 5.04. The first-order valence-corrected chi connectivity index (χ1v) is 7.22. The van der Waals surface area contributed by atoms with Crippen molar-refractivity contribution in [2.75, 3.05) is 26.8 Å². The van der Waals surface area contributed by atoms with Crippen molar-refractivity contribution in [3.63, 3.8) is 0 Å². The quantitative estimate of drug-likeness (QED) is 0.734. The summed E-state index contributed by atoms with van der Waals surface area (Å²) in [6.07, 6.45) is 1.07. The maximum atomic E-state index is 6.35. The van der Waals surface area contributed by atoms with Crippen molar-refractivity contribution in [2.24, 2.45) is 5.73 Å². The summed E-state index contributed by atoms with van der Waals surface area (Å²) in [7, 11) is 2.10. The van der Waals surface area contributed by atoms with Crippen LogP contribution < -0.4 is 5.73 Å². The summed E-state index contributed by atoms with van der Waals surface area (Å²) in [4.78, 5) is 2.26. The van der Waals surface area contributed by atoms with Crippen LogP contribution in [0.5, 0.6) is 0 Å². The van der Waals surface area contributed by atoms with Gasteiger partial charge in [-0.3, -0.25) is 4.90 Å². The Labute approximate surface area is 117 Å². The fourth-order valence-corrected chi connectivity index (χ4v) is 2.08. The Morgan fingerprint density at radius 3 is 2.37 bits per heavy atom. The molecule has 2 unspecified atom stereocenters. The molecule has 0 saturated heterocycles. The van der Waals surface area contributed by atoms with Gasteiger partial charge in [-0.15, -0.1) is 0 Å². The molecule has 3 nitrogen and oxygen atoms in total. The summed E-state index contributed by atoms with van der Waals surface area (Å²) in [6, 6.07) is 8.97. The molecule has 108 valence electrons. The maximum absolute atomic E-state index is 6.35. The first kappa shape index (κ1) is 16.2. The van der Waals surface area contributed by atoms with Gasteiger partial charge in [-0.05, 0) is 38.4 Å². The molecule has 3 heteroatoms. The number of nitrogens with zero attached hydrogens (tertiary/aromatic N) is 1. The van der Waals surface area contributed by atoms with E-state index in [0.29, 0.717) is 6.04 Å². The lowest BCUT2D eigenvalue weighted by Gasteiger charge is -2.30. The highest BCUT2D eigenvalue weighted by Crippen LogP contribution is 2.18. The van der Waals surface area contributed by atoms with Crippen molar-refractivity contribution < 1.29 is 4.74 Å². The SMILES string of the molecule is CCOCCN(C)C(C)C(N)c1ccc(CC)cc1. The average Bonchev–Trinajstić information content (AvgIpc) is 2.46. The molecule has 0 bridgehead atoms. The van der Waals surface area contributed by atoms with Crippen molar-refractivity contribution in [1.29, 1.82) is 0 Å². The van der Waals surface area contributed by atoms with Crippen LogP contribution in [0.1, 0.15) is 37.9 Å². The molecule has 0 aliphatic carbocycles. The van der Waals surface area contributed by atoms with Gasteiger partial charge in [0.2, 0.25) is 0 Å². The molecule has 1 aromatic rings. The number of ether oxygens (including phenoxy) is 1. The fraction of sp³-hybridized carbons (Fsp3) is 0.625.